The van der Waals surface area contributed by atoms with Gasteiger partial charge in [-0.25, -0.2) is 4.39 Å². The number of carbonyl (C=O) groups is 1. The summed E-state index contributed by atoms with van der Waals surface area (Å²) < 4.78 is 24.7. The van der Waals surface area contributed by atoms with Crippen LogP contribution >= 0.6 is 0 Å². The fourth-order valence-electron chi connectivity index (χ4n) is 3.49. The molecular formula is C17H17FN2O3. The number of rotatable bonds is 2. The van der Waals surface area contributed by atoms with E-state index >= 15 is 0 Å². The van der Waals surface area contributed by atoms with Crippen molar-refractivity contribution in [1.82, 2.24) is 10.1 Å². The summed E-state index contributed by atoms with van der Waals surface area (Å²) in [4.78, 5) is 14.5. The molecule has 2 atom stereocenters. The van der Waals surface area contributed by atoms with E-state index in [9.17, 15) is 9.18 Å². The Balaban J connectivity index is 1.59. The van der Waals surface area contributed by atoms with Crippen molar-refractivity contribution in [3.63, 3.8) is 0 Å². The topological polar surface area (TPSA) is 55.6 Å². The van der Waals surface area contributed by atoms with Crippen molar-refractivity contribution >= 4 is 5.91 Å². The van der Waals surface area contributed by atoms with Gasteiger partial charge >= 0.3 is 0 Å². The van der Waals surface area contributed by atoms with Crippen LogP contribution in [0.3, 0.4) is 0 Å². The molecule has 2 aromatic rings. The molecule has 1 aliphatic carbocycles. The summed E-state index contributed by atoms with van der Waals surface area (Å²) in [7, 11) is 0. The summed E-state index contributed by atoms with van der Waals surface area (Å²) in [6.07, 6.45) is 3.14. The van der Waals surface area contributed by atoms with Crippen molar-refractivity contribution in [3.8, 4) is 11.3 Å². The van der Waals surface area contributed by atoms with Gasteiger partial charge in [0.2, 0.25) is 0 Å². The van der Waals surface area contributed by atoms with Gasteiger partial charge in [-0.15, -0.1) is 0 Å². The van der Waals surface area contributed by atoms with Gasteiger partial charge in [-0.05, 0) is 31.4 Å². The first-order chi connectivity index (χ1) is 11.2. The fourth-order valence-corrected chi connectivity index (χ4v) is 3.49. The van der Waals surface area contributed by atoms with E-state index in [4.69, 9.17) is 9.26 Å². The van der Waals surface area contributed by atoms with Crippen LogP contribution in [0.2, 0.25) is 0 Å². The minimum Gasteiger partial charge on any atom is -0.374 e. The second-order valence-corrected chi connectivity index (χ2v) is 5.96. The van der Waals surface area contributed by atoms with E-state index in [0.717, 1.165) is 19.3 Å². The minimum absolute atomic E-state index is 0.116. The highest BCUT2D eigenvalue weighted by Gasteiger charge is 2.39. The lowest BCUT2D eigenvalue weighted by atomic mass is 10.1. The highest BCUT2D eigenvalue weighted by molar-refractivity contribution is 5.93. The Kier molecular flexibility index (Phi) is 3.61. The normalized spacial score (nSPS) is 23.8. The molecule has 0 bridgehead atoms. The monoisotopic (exact) mass is 316 g/mol. The Morgan fingerprint density at radius 1 is 1.30 bits per heavy atom. The molecule has 4 rings (SSSR count). The molecule has 1 aromatic heterocycles. The molecule has 1 aromatic carbocycles. The Morgan fingerprint density at radius 3 is 3.04 bits per heavy atom. The smallest absolute Gasteiger partial charge is 0.276 e. The van der Waals surface area contributed by atoms with Gasteiger partial charge in [0.15, 0.2) is 11.5 Å². The quantitative estimate of drug-likeness (QED) is 0.855. The summed E-state index contributed by atoms with van der Waals surface area (Å²) in [6, 6.07) is 7.91. The van der Waals surface area contributed by atoms with E-state index in [1.54, 1.807) is 18.2 Å². The number of amides is 1. The first kappa shape index (κ1) is 14.4. The Labute approximate surface area is 133 Å². The molecule has 0 unspecified atom stereocenters. The Morgan fingerprint density at radius 2 is 2.17 bits per heavy atom. The first-order valence-corrected chi connectivity index (χ1v) is 7.88. The molecule has 0 N–H and O–H groups in total. The van der Waals surface area contributed by atoms with E-state index in [0.29, 0.717) is 18.7 Å². The molecule has 1 saturated heterocycles. The number of ether oxygens (including phenoxy) is 1. The largest absolute Gasteiger partial charge is 0.374 e. The fraction of sp³-hybridized carbons (Fsp3) is 0.412. The van der Waals surface area contributed by atoms with E-state index in [1.165, 1.54) is 12.1 Å². The Hall–Kier alpha value is -2.21. The van der Waals surface area contributed by atoms with Gasteiger partial charge in [-0.3, -0.25) is 4.79 Å². The summed E-state index contributed by atoms with van der Waals surface area (Å²) in [5.41, 5.74) is 0.524. The van der Waals surface area contributed by atoms with Gasteiger partial charge in [0.25, 0.3) is 5.91 Å². The number of aromatic nitrogens is 1. The maximum Gasteiger partial charge on any atom is 0.276 e. The molecule has 2 heterocycles. The molecule has 0 radical (unpaired) electrons. The molecule has 1 saturated carbocycles. The Bertz CT molecular complexity index is 730. The SMILES string of the molecule is O=C(c1cc(-c2ccccc2F)on1)N1CCO[C@H]2CCC[C@H]21. The molecule has 2 aliphatic rings. The number of hydrogen-bond acceptors (Lipinski definition) is 4. The van der Waals surface area contributed by atoms with E-state index < -0.39 is 5.82 Å². The predicted octanol–water partition coefficient (Wildman–Crippen LogP) is 2.87. The lowest BCUT2D eigenvalue weighted by molar-refractivity contribution is -0.0448. The first-order valence-electron chi connectivity index (χ1n) is 7.88. The maximum absolute atomic E-state index is 13.8. The van der Waals surface area contributed by atoms with Crippen LogP contribution in [0.5, 0.6) is 0 Å². The molecule has 120 valence electrons. The van der Waals surface area contributed by atoms with Crippen LogP contribution < -0.4 is 0 Å². The zero-order valence-electron chi connectivity index (χ0n) is 12.6. The molecular weight excluding hydrogens is 299 g/mol. The van der Waals surface area contributed by atoms with Crippen LogP contribution in [0.1, 0.15) is 29.8 Å². The highest BCUT2D eigenvalue weighted by Crippen LogP contribution is 2.31. The van der Waals surface area contributed by atoms with Crippen LogP contribution in [0, 0.1) is 5.82 Å². The summed E-state index contributed by atoms with van der Waals surface area (Å²) >= 11 is 0. The lowest BCUT2D eigenvalue weighted by Gasteiger charge is -2.37. The molecule has 2 fully saturated rings. The van der Waals surface area contributed by atoms with E-state index in [2.05, 4.69) is 5.16 Å². The number of halogens is 1. The number of nitrogens with zero attached hydrogens (tertiary/aromatic N) is 2. The lowest BCUT2D eigenvalue weighted by Crippen LogP contribution is -2.51. The second kappa shape index (κ2) is 5.77. The second-order valence-electron chi connectivity index (χ2n) is 5.96. The number of morpholine rings is 1. The highest BCUT2D eigenvalue weighted by atomic mass is 19.1. The maximum atomic E-state index is 13.8. The van der Waals surface area contributed by atoms with Gasteiger partial charge < -0.3 is 14.2 Å². The average molecular weight is 316 g/mol. The van der Waals surface area contributed by atoms with Gasteiger partial charge in [-0.1, -0.05) is 17.3 Å². The van der Waals surface area contributed by atoms with Crippen molar-refractivity contribution < 1.29 is 18.4 Å². The molecule has 23 heavy (non-hydrogen) atoms. The van der Waals surface area contributed by atoms with Crippen LogP contribution in [0.15, 0.2) is 34.9 Å². The third-order valence-electron chi connectivity index (χ3n) is 4.61. The van der Waals surface area contributed by atoms with E-state index in [1.807, 2.05) is 4.90 Å². The third kappa shape index (κ3) is 2.53. The van der Waals surface area contributed by atoms with Crippen LogP contribution in [-0.4, -0.2) is 41.3 Å². The van der Waals surface area contributed by atoms with Gasteiger partial charge in [0.1, 0.15) is 5.82 Å². The van der Waals surface area contributed by atoms with E-state index in [-0.39, 0.29) is 29.5 Å². The van der Waals surface area contributed by atoms with Crippen LogP contribution in [-0.2, 0) is 4.74 Å². The number of fused-ring (bicyclic) bond motifs is 1. The summed E-state index contributed by atoms with van der Waals surface area (Å²) in [5.74, 6) is -0.302. The van der Waals surface area contributed by atoms with Gasteiger partial charge in [0.05, 0.1) is 24.3 Å². The average Bonchev–Trinajstić information content (AvgIpc) is 3.23. The minimum atomic E-state index is -0.398. The van der Waals surface area contributed by atoms with Crippen LogP contribution in [0.4, 0.5) is 4.39 Å². The zero-order chi connectivity index (χ0) is 15.8. The molecule has 1 amide bonds. The molecule has 6 heteroatoms. The number of carbonyl (C=O) groups excluding carboxylic acids is 1. The predicted molar refractivity (Wildman–Crippen MR) is 80.3 cm³/mol. The number of benzene rings is 1. The molecule has 1 aliphatic heterocycles. The van der Waals surface area contributed by atoms with Crippen molar-refractivity contribution in [1.29, 1.82) is 0 Å². The van der Waals surface area contributed by atoms with Crippen molar-refractivity contribution in [3.05, 3.63) is 41.8 Å². The third-order valence-corrected chi connectivity index (χ3v) is 4.61. The van der Waals surface area contributed by atoms with Gasteiger partial charge in [0, 0.05) is 12.6 Å². The zero-order valence-corrected chi connectivity index (χ0v) is 12.6. The summed E-state index contributed by atoms with van der Waals surface area (Å²) in [6.45, 7) is 1.10. The van der Waals surface area contributed by atoms with Crippen LogP contribution in [0.25, 0.3) is 11.3 Å². The van der Waals surface area contributed by atoms with Gasteiger partial charge in [-0.2, -0.15) is 0 Å². The number of hydrogen-bond donors (Lipinski definition) is 0. The summed E-state index contributed by atoms with van der Waals surface area (Å²) in [5, 5.41) is 3.85. The van der Waals surface area contributed by atoms with Crippen molar-refractivity contribution in [2.75, 3.05) is 13.2 Å². The van der Waals surface area contributed by atoms with Crippen molar-refractivity contribution in [2.24, 2.45) is 0 Å². The molecule has 5 nitrogen and oxygen atoms in total. The van der Waals surface area contributed by atoms with Crippen molar-refractivity contribution in [2.45, 2.75) is 31.4 Å². The molecule has 0 spiro atoms. The standard InChI is InChI=1S/C17H17FN2O3/c18-12-5-2-1-4-11(12)16-10-13(19-23-16)17(21)20-8-9-22-15-7-3-6-14(15)20/h1-2,4-5,10,14-15H,3,6-9H2/t14-,15+/m1/s1.